The molecule has 1 atom stereocenters. The zero-order valence-electron chi connectivity index (χ0n) is 12.4. The number of anilines is 1. The van der Waals surface area contributed by atoms with Crippen molar-refractivity contribution in [1.29, 1.82) is 0 Å². The van der Waals surface area contributed by atoms with Crippen molar-refractivity contribution in [3.05, 3.63) is 65.7 Å². The van der Waals surface area contributed by atoms with Crippen LogP contribution < -0.4 is 10.4 Å². The number of rotatable bonds is 6. The summed E-state index contributed by atoms with van der Waals surface area (Å²) in [5, 5.41) is 13.7. The molecule has 0 fully saturated rings. The number of hydrogen-bond acceptors (Lipinski definition) is 3. The van der Waals surface area contributed by atoms with Crippen LogP contribution in [0.15, 0.2) is 54.6 Å². The number of aliphatic carboxylic acids is 1. The maximum absolute atomic E-state index is 12.2. The van der Waals surface area contributed by atoms with E-state index in [4.69, 9.17) is 0 Å². The van der Waals surface area contributed by atoms with Gasteiger partial charge in [-0.15, -0.1) is 0 Å². The fraction of sp³-hybridized carbons (Fsp3) is 0.222. The summed E-state index contributed by atoms with van der Waals surface area (Å²) in [5.74, 6) is -1.76. The van der Waals surface area contributed by atoms with E-state index in [9.17, 15) is 14.7 Å². The third-order valence-electron chi connectivity index (χ3n) is 3.42. The lowest BCUT2D eigenvalue weighted by Gasteiger charge is -2.17. The zero-order valence-corrected chi connectivity index (χ0v) is 12.4. The van der Waals surface area contributed by atoms with Gasteiger partial charge < -0.3 is 15.2 Å². The van der Waals surface area contributed by atoms with Gasteiger partial charge in [-0.1, -0.05) is 42.5 Å². The largest absolute Gasteiger partial charge is 0.550 e. The van der Waals surface area contributed by atoms with E-state index in [1.807, 2.05) is 55.5 Å². The fourth-order valence-corrected chi connectivity index (χ4v) is 2.39. The van der Waals surface area contributed by atoms with E-state index < -0.39 is 11.9 Å². The Morgan fingerprint density at radius 2 is 1.77 bits per heavy atom. The van der Waals surface area contributed by atoms with E-state index in [0.717, 1.165) is 11.1 Å². The summed E-state index contributed by atoms with van der Waals surface area (Å²) in [6.45, 7) is 1.94. The van der Waals surface area contributed by atoms with E-state index >= 15 is 0 Å². The standard InChI is InChI=1S/C18H19NO3/c1-13-6-5-9-16(10-13)19-17(20)11-15(12-18(21)22)14-7-3-2-4-8-14/h2-10,15H,11-12H2,1H3,(H,19,20)(H,21,22)/p-1/t15-/m1/s1. The first-order valence-corrected chi connectivity index (χ1v) is 7.16. The Morgan fingerprint density at radius 1 is 1.05 bits per heavy atom. The Bertz CT molecular complexity index is 652. The molecule has 0 unspecified atom stereocenters. The van der Waals surface area contributed by atoms with Crippen molar-refractivity contribution in [2.75, 3.05) is 5.32 Å². The molecule has 1 amide bonds. The highest BCUT2D eigenvalue weighted by atomic mass is 16.4. The Hall–Kier alpha value is -2.62. The van der Waals surface area contributed by atoms with Gasteiger partial charge in [0.1, 0.15) is 0 Å². The molecule has 0 aliphatic heterocycles. The van der Waals surface area contributed by atoms with E-state index in [1.165, 1.54) is 0 Å². The summed E-state index contributed by atoms with van der Waals surface area (Å²) in [6, 6.07) is 16.6. The molecule has 22 heavy (non-hydrogen) atoms. The van der Waals surface area contributed by atoms with Crippen LogP contribution in [0.2, 0.25) is 0 Å². The normalized spacial score (nSPS) is 11.7. The van der Waals surface area contributed by atoms with Gasteiger partial charge >= 0.3 is 0 Å². The third-order valence-corrected chi connectivity index (χ3v) is 3.42. The second-order valence-corrected chi connectivity index (χ2v) is 5.31. The number of benzene rings is 2. The van der Waals surface area contributed by atoms with Crippen LogP contribution in [0, 0.1) is 6.92 Å². The summed E-state index contributed by atoms with van der Waals surface area (Å²) in [4.78, 5) is 23.1. The number of carbonyl (C=O) groups is 2. The number of carboxylic acids is 1. The van der Waals surface area contributed by atoms with Crippen molar-refractivity contribution in [3.63, 3.8) is 0 Å². The van der Waals surface area contributed by atoms with Crippen molar-refractivity contribution < 1.29 is 14.7 Å². The SMILES string of the molecule is Cc1cccc(NC(=O)C[C@H](CC(=O)[O-])c2ccccc2)c1. The molecule has 0 aromatic heterocycles. The lowest BCUT2D eigenvalue weighted by Crippen LogP contribution is -2.26. The number of aryl methyl sites for hydroxylation is 1. The number of nitrogens with one attached hydrogen (secondary N) is 1. The minimum absolute atomic E-state index is 0.103. The quantitative estimate of drug-likeness (QED) is 0.889. The highest BCUT2D eigenvalue weighted by Crippen LogP contribution is 2.23. The molecule has 0 aliphatic rings. The van der Waals surface area contributed by atoms with Crippen molar-refractivity contribution in [1.82, 2.24) is 0 Å². The third kappa shape index (κ3) is 4.74. The van der Waals surface area contributed by atoms with Gasteiger partial charge in [-0.25, -0.2) is 0 Å². The molecule has 0 radical (unpaired) electrons. The van der Waals surface area contributed by atoms with Gasteiger partial charge in [-0.3, -0.25) is 4.79 Å². The molecule has 1 N–H and O–H groups in total. The fourth-order valence-electron chi connectivity index (χ4n) is 2.39. The van der Waals surface area contributed by atoms with Gasteiger partial charge in [0.2, 0.25) is 5.91 Å². The number of carbonyl (C=O) groups excluding carboxylic acids is 2. The van der Waals surface area contributed by atoms with Crippen LogP contribution in [-0.2, 0) is 9.59 Å². The molecule has 0 heterocycles. The van der Waals surface area contributed by atoms with Crippen LogP contribution in [0.4, 0.5) is 5.69 Å². The molecule has 2 aromatic rings. The maximum atomic E-state index is 12.2. The lowest BCUT2D eigenvalue weighted by molar-refractivity contribution is -0.306. The summed E-state index contributed by atoms with van der Waals surface area (Å²) < 4.78 is 0. The Balaban J connectivity index is 2.06. The average Bonchev–Trinajstić information content (AvgIpc) is 2.47. The summed E-state index contributed by atoms with van der Waals surface area (Å²) >= 11 is 0. The molecule has 0 spiro atoms. The first kappa shape index (κ1) is 15.8. The Kier molecular flexibility index (Phi) is 5.31. The molecule has 0 saturated carbocycles. The number of carboxylic acid groups (broad SMARTS) is 1. The van der Waals surface area contributed by atoms with Crippen LogP contribution in [-0.4, -0.2) is 11.9 Å². The Morgan fingerprint density at radius 3 is 2.41 bits per heavy atom. The molecule has 2 rings (SSSR count). The zero-order chi connectivity index (χ0) is 15.9. The lowest BCUT2D eigenvalue weighted by atomic mass is 9.92. The molecule has 0 aliphatic carbocycles. The smallest absolute Gasteiger partial charge is 0.224 e. The highest BCUT2D eigenvalue weighted by Gasteiger charge is 2.16. The van der Waals surface area contributed by atoms with E-state index in [-0.39, 0.29) is 18.7 Å². The van der Waals surface area contributed by atoms with Crippen LogP contribution in [0.25, 0.3) is 0 Å². The second-order valence-electron chi connectivity index (χ2n) is 5.31. The van der Waals surface area contributed by atoms with Crippen LogP contribution in [0.3, 0.4) is 0 Å². The van der Waals surface area contributed by atoms with Crippen LogP contribution >= 0.6 is 0 Å². The molecule has 4 heteroatoms. The number of hydrogen-bond donors (Lipinski definition) is 1. The van der Waals surface area contributed by atoms with Crippen LogP contribution in [0.5, 0.6) is 0 Å². The van der Waals surface area contributed by atoms with Gasteiger partial charge in [0.05, 0.1) is 0 Å². The molecule has 4 nitrogen and oxygen atoms in total. The summed E-state index contributed by atoms with van der Waals surface area (Å²) in [5.41, 5.74) is 2.59. The van der Waals surface area contributed by atoms with E-state index in [0.29, 0.717) is 5.69 Å². The first-order valence-electron chi connectivity index (χ1n) is 7.16. The van der Waals surface area contributed by atoms with Crippen LogP contribution in [0.1, 0.15) is 29.9 Å². The Labute approximate surface area is 129 Å². The maximum Gasteiger partial charge on any atom is 0.224 e. The van der Waals surface area contributed by atoms with Gasteiger partial charge in [0, 0.05) is 18.1 Å². The van der Waals surface area contributed by atoms with Gasteiger partial charge in [-0.2, -0.15) is 0 Å². The van der Waals surface area contributed by atoms with Crippen molar-refractivity contribution >= 4 is 17.6 Å². The summed E-state index contributed by atoms with van der Waals surface area (Å²) in [6.07, 6.45) is -0.0722. The minimum atomic E-state index is -1.16. The van der Waals surface area contributed by atoms with E-state index in [1.54, 1.807) is 6.07 Å². The summed E-state index contributed by atoms with van der Waals surface area (Å²) in [7, 11) is 0. The van der Waals surface area contributed by atoms with Crippen molar-refractivity contribution in [2.45, 2.75) is 25.7 Å². The number of amides is 1. The van der Waals surface area contributed by atoms with E-state index in [2.05, 4.69) is 5.32 Å². The predicted octanol–water partition coefficient (Wildman–Crippen LogP) is 2.25. The van der Waals surface area contributed by atoms with Gasteiger partial charge in [-0.05, 0) is 42.5 Å². The first-order chi connectivity index (χ1) is 10.5. The second kappa shape index (κ2) is 7.41. The molecular formula is C18H18NO3-. The topological polar surface area (TPSA) is 69.2 Å². The van der Waals surface area contributed by atoms with Gasteiger partial charge in [0.15, 0.2) is 0 Å². The molecule has 114 valence electrons. The van der Waals surface area contributed by atoms with Crippen molar-refractivity contribution in [3.8, 4) is 0 Å². The average molecular weight is 296 g/mol. The molecule has 0 bridgehead atoms. The van der Waals surface area contributed by atoms with Crippen molar-refractivity contribution in [2.24, 2.45) is 0 Å². The van der Waals surface area contributed by atoms with Gasteiger partial charge in [0.25, 0.3) is 0 Å². The monoisotopic (exact) mass is 296 g/mol. The highest BCUT2D eigenvalue weighted by molar-refractivity contribution is 5.91. The molecule has 0 saturated heterocycles. The molecule has 2 aromatic carbocycles. The molecular weight excluding hydrogens is 278 g/mol. The minimum Gasteiger partial charge on any atom is -0.550 e. The predicted molar refractivity (Wildman–Crippen MR) is 83.2 cm³/mol.